The van der Waals surface area contributed by atoms with Gasteiger partial charge in [-0.1, -0.05) is 32.0 Å². The summed E-state index contributed by atoms with van der Waals surface area (Å²) in [7, 11) is 0. The lowest BCUT2D eigenvalue weighted by Gasteiger charge is -2.10. The van der Waals surface area contributed by atoms with E-state index in [1.807, 2.05) is 13.8 Å². The minimum Gasteiger partial charge on any atom is -0.481 e. The lowest BCUT2D eigenvalue weighted by atomic mass is 10.1. The van der Waals surface area contributed by atoms with Crippen molar-refractivity contribution in [2.45, 2.75) is 26.7 Å². The summed E-state index contributed by atoms with van der Waals surface area (Å²) in [5.74, 6) is -0.713. The summed E-state index contributed by atoms with van der Waals surface area (Å²) in [6.45, 7) is 3.92. The Balaban J connectivity index is 2.76. The van der Waals surface area contributed by atoms with Gasteiger partial charge in [0.15, 0.2) is 0 Å². The van der Waals surface area contributed by atoms with Crippen LogP contribution in [0.2, 0.25) is 0 Å². The third-order valence-corrected chi connectivity index (χ3v) is 2.23. The van der Waals surface area contributed by atoms with Gasteiger partial charge in [-0.3, -0.25) is 9.59 Å². The highest BCUT2D eigenvalue weighted by molar-refractivity contribution is 5.92. The van der Waals surface area contributed by atoms with E-state index in [0.717, 1.165) is 0 Å². The van der Waals surface area contributed by atoms with E-state index in [1.165, 1.54) is 0 Å². The van der Waals surface area contributed by atoms with Crippen molar-refractivity contribution in [3.63, 3.8) is 0 Å². The van der Waals surface area contributed by atoms with Crippen molar-refractivity contribution in [2.75, 3.05) is 5.32 Å². The maximum absolute atomic E-state index is 11.6. The average molecular weight is 235 g/mol. The number of carboxylic acids is 1. The van der Waals surface area contributed by atoms with Gasteiger partial charge in [0.25, 0.3) is 0 Å². The Morgan fingerprint density at radius 1 is 1.29 bits per heavy atom. The Labute approximate surface area is 101 Å². The lowest BCUT2D eigenvalue weighted by molar-refractivity contribution is -0.136. The molecule has 0 spiro atoms. The third kappa shape index (κ3) is 4.68. The number of aliphatic carboxylic acids is 1. The Kier molecular flexibility index (Phi) is 4.69. The Morgan fingerprint density at radius 2 is 1.94 bits per heavy atom. The Morgan fingerprint density at radius 3 is 2.53 bits per heavy atom. The number of benzene rings is 1. The molecule has 1 rings (SSSR count). The first-order valence-electron chi connectivity index (χ1n) is 5.58. The molecule has 0 saturated carbocycles. The number of carbonyl (C=O) groups excluding carboxylic acids is 1. The molecule has 17 heavy (non-hydrogen) atoms. The van der Waals surface area contributed by atoms with Gasteiger partial charge in [0.2, 0.25) is 5.91 Å². The molecular weight excluding hydrogens is 218 g/mol. The average Bonchev–Trinajstić information content (AvgIpc) is 2.18. The quantitative estimate of drug-likeness (QED) is 0.822. The normalized spacial score (nSPS) is 10.3. The molecule has 4 nitrogen and oxygen atoms in total. The highest BCUT2D eigenvalue weighted by atomic mass is 16.4. The minimum absolute atomic E-state index is 0.0852. The number of carboxylic acid groups (broad SMARTS) is 1. The summed E-state index contributed by atoms with van der Waals surface area (Å²) in [6.07, 6.45) is 0.347. The molecule has 0 saturated heterocycles. The summed E-state index contributed by atoms with van der Waals surface area (Å²) in [4.78, 5) is 22.3. The number of amides is 1. The Bertz CT molecular complexity index is 413. The van der Waals surface area contributed by atoms with Gasteiger partial charge in [0, 0.05) is 12.1 Å². The van der Waals surface area contributed by atoms with Gasteiger partial charge in [-0.25, -0.2) is 0 Å². The molecule has 0 aliphatic heterocycles. The van der Waals surface area contributed by atoms with E-state index >= 15 is 0 Å². The number of carbonyl (C=O) groups is 2. The number of para-hydroxylation sites is 1. The van der Waals surface area contributed by atoms with Gasteiger partial charge in [-0.05, 0) is 17.5 Å². The highest BCUT2D eigenvalue weighted by Gasteiger charge is 2.10. The van der Waals surface area contributed by atoms with Crippen molar-refractivity contribution >= 4 is 17.6 Å². The molecule has 0 radical (unpaired) electrons. The first-order chi connectivity index (χ1) is 7.99. The van der Waals surface area contributed by atoms with E-state index in [0.29, 0.717) is 17.7 Å². The van der Waals surface area contributed by atoms with Crippen LogP contribution in [0.3, 0.4) is 0 Å². The SMILES string of the molecule is CC(C)CC(=O)Nc1ccccc1CC(=O)O. The predicted octanol–water partition coefficient (Wildman–Crippen LogP) is 2.30. The van der Waals surface area contributed by atoms with Crippen LogP contribution in [-0.2, 0) is 16.0 Å². The van der Waals surface area contributed by atoms with Gasteiger partial charge in [0.05, 0.1) is 6.42 Å². The molecule has 1 amide bonds. The zero-order valence-corrected chi connectivity index (χ0v) is 10.1. The van der Waals surface area contributed by atoms with Crippen LogP contribution >= 0.6 is 0 Å². The topological polar surface area (TPSA) is 66.4 Å². The number of hydrogen-bond donors (Lipinski definition) is 2. The molecule has 0 atom stereocenters. The molecule has 1 aromatic rings. The van der Waals surface area contributed by atoms with Crippen molar-refractivity contribution in [3.8, 4) is 0 Å². The Hall–Kier alpha value is -1.84. The van der Waals surface area contributed by atoms with E-state index in [2.05, 4.69) is 5.32 Å². The summed E-state index contributed by atoms with van der Waals surface area (Å²) in [6, 6.07) is 6.96. The van der Waals surface area contributed by atoms with Gasteiger partial charge < -0.3 is 10.4 Å². The second-order valence-electron chi connectivity index (χ2n) is 4.37. The molecular formula is C13H17NO3. The molecule has 0 bridgehead atoms. The molecule has 2 N–H and O–H groups in total. The van der Waals surface area contributed by atoms with Gasteiger partial charge in [0.1, 0.15) is 0 Å². The second kappa shape index (κ2) is 6.03. The van der Waals surface area contributed by atoms with E-state index < -0.39 is 5.97 Å². The molecule has 0 fully saturated rings. The second-order valence-corrected chi connectivity index (χ2v) is 4.37. The van der Waals surface area contributed by atoms with Crippen LogP contribution in [0, 0.1) is 5.92 Å². The third-order valence-electron chi connectivity index (χ3n) is 2.23. The highest BCUT2D eigenvalue weighted by Crippen LogP contribution is 2.16. The molecule has 4 heteroatoms. The zero-order valence-electron chi connectivity index (χ0n) is 10.1. The molecule has 1 aromatic carbocycles. The van der Waals surface area contributed by atoms with E-state index in [9.17, 15) is 9.59 Å². The summed E-state index contributed by atoms with van der Waals surface area (Å²) < 4.78 is 0. The van der Waals surface area contributed by atoms with Crippen molar-refractivity contribution in [1.29, 1.82) is 0 Å². The van der Waals surface area contributed by atoms with Crippen LogP contribution < -0.4 is 5.32 Å². The molecule has 92 valence electrons. The summed E-state index contributed by atoms with van der Waals surface area (Å²) in [5, 5.41) is 11.5. The van der Waals surface area contributed by atoms with Crippen molar-refractivity contribution < 1.29 is 14.7 Å². The van der Waals surface area contributed by atoms with Crippen molar-refractivity contribution in [1.82, 2.24) is 0 Å². The fraction of sp³-hybridized carbons (Fsp3) is 0.385. The van der Waals surface area contributed by atoms with Crippen LogP contribution in [0.4, 0.5) is 5.69 Å². The molecule has 0 unspecified atom stereocenters. The fourth-order valence-electron chi connectivity index (χ4n) is 1.53. The number of nitrogens with one attached hydrogen (secondary N) is 1. The van der Waals surface area contributed by atoms with Gasteiger partial charge in [-0.2, -0.15) is 0 Å². The standard InChI is InChI=1S/C13H17NO3/c1-9(2)7-12(15)14-11-6-4-3-5-10(11)8-13(16)17/h3-6,9H,7-8H2,1-2H3,(H,14,15)(H,16,17). The van der Waals surface area contributed by atoms with Crippen LogP contribution in [-0.4, -0.2) is 17.0 Å². The largest absolute Gasteiger partial charge is 0.481 e. The maximum atomic E-state index is 11.6. The summed E-state index contributed by atoms with van der Waals surface area (Å²) in [5.41, 5.74) is 1.21. The fourth-order valence-corrected chi connectivity index (χ4v) is 1.53. The monoisotopic (exact) mass is 235 g/mol. The first kappa shape index (κ1) is 13.2. The molecule has 0 aliphatic rings. The maximum Gasteiger partial charge on any atom is 0.307 e. The number of anilines is 1. The molecule has 0 aromatic heterocycles. The van der Waals surface area contributed by atoms with Gasteiger partial charge in [-0.15, -0.1) is 0 Å². The van der Waals surface area contributed by atoms with E-state index in [4.69, 9.17) is 5.11 Å². The smallest absolute Gasteiger partial charge is 0.307 e. The van der Waals surface area contributed by atoms with E-state index in [1.54, 1.807) is 24.3 Å². The van der Waals surface area contributed by atoms with E-state index in [-0.39, 0.29) is 18.2 Å². The first-order valence-corrected chi connectivity index (χ1v) is 5.58. The van der Waals surface area contributed by atoms with Crippen molar-refractivity contribution in [2.24, 2.45) is 5.92 Å². The molecule has 0 aliphatic carbocycles. The van der Waals surface area contributed by atoms with Crippen LogP contribution in [0.15, 0.2) is 24.3 Å². The van der Waals surface area contributed by atoms with Crippen LogP contribution in [0.25, 0.3) is 0 Å². The van der Waals surface area contributed by atoms with Crippen LogP contribution in [0.5, 0.6) is 0 Å². The number of rotatable bonds is 5. The summed E-state index contributed by atoms with van der Waals surface area (Å²) >= 11 is 0. The lowest BCUT2D eigenvalue weighted by Crippen LogP contribution is -2.15. The predicted molar refractivity (Wildman–Crippen MR) is 65.9 cm³/mol. The van der Waals surface area contributed by atoms with Crippen molar-refractivity contribution in [3.05, 3.63) is 29.8 Å². The van der Waals surface area contributed by atoms with Crippen LogP contribution in [0.1, 0.15) is 25.8 Å². The number of hydrogen-bond acceptors (Lipinski definition) is 2. The minimum atomic E-state index is -0.907. The van der Waals surface area contributed by atoms with Gasteiger partial charge >= 0.3 is 5.97 Å². The zero-order chi connectivity index (χ0) is 12.8. The molecule has 0 heterocycles.